The van der Waals surface area contributed by atoms with Gasteiger partial charge in [0.15, 0.2) is 11.3 Å². The van der Waals surface area contributed by atoms with E-state index >= 15 is 0 Å². The lowest BCUT2D eigenvalue weighted by Gasteiger charge is -2.06. The summed E-state index contributed by atoms with van der Waals surface area (Å²) in [6.07, 6.45) is 0. The zero-order chi connectivity index (χ0) is 12.7. The summed E-state index contributed by atoms with van der Waals surface area (Å²) in [5.41, 5.74) is 0.475. The topological polar surface area (TPSA) is 59.7 Å². The molecule has 3 rings (SSSR count). The van der Waals surface area contributed by atoms with Crippen molar-refractivity contribution in [3.8, 4) is 11.5 Å². The van der Waals surface area contributed by atoms with Crippen molar-refractivity contribution in [2.45, 2.75) is 0 Å². The van der Waals surface area contributed by atoms with E-state index in [-0.39, 0.29) is 16.6 Å². The van der Waals surface area contributed by atoms with Crippen molar-refractivity contribution in [3.63, 3.8) is 0 Å². The average Bonchev–Trinajstić information content (AvgIpc) is 2.38. The van der Waals surface area contributed by atoms with E-state index in [1.165, 1.54) is 13.2 Å². The second kappa shape index (κ2) is 3.77. The highest BCUT2D eigenvalue weighted by Gasteiger charge is 2.13. The summed E-state index contributed by atoms with van der Waals surface area (Å²) < 4.78 is 10.8. The molecule has 18 heavy (non-hydrogen) atoms. The van der Waals surface area contributed by atoms with Crippen LogP contribution < -0.4 is 10.2 Å². The van der Waals surface area contributed by atoms with Gasteiger partial charge in [0.1, 0.15) is 16.7 Å². The van der Waals surface area contributed by atoms with Gasteiger partial charge in [0.05, 0.1) is 12.5 Å². The summed E-state index contributed by atoms with van der Waals surface area (Å²) in [7, 11) is 1.52. The minimum Gasteiger partial charge on any atom is -0.507 e. The van der Waals surface area contributed by atoms with Crippen LogP contribution in [0.3, 0.4) is 0 Å². The molecule has 0 atom stereocenters. The first kappa shape index (κ1) is 10.7. The lowest BCUT2D eigenvalue weighted by Crippen LogP contribution is -2.03. The second-order valence-electron chi connectivity index (χ2n) is 3.92. The van der Waals surface area contributed by atoms with Crippen LogP contribution in [0.4, 0.5) is 0 Å². The Kier molecular flexibility index (Phi) is 2.23. The molecule has 0 aliphatic rings. The van der Waals surface area contributed by atoms with Crippen LogP contribution in [0.1, 0.15) is 0 Å². The zero-order valence-electron chi connectivity index (χ0n) is 9.64. The molecule has 0 unspecified atom stereocenters. The summed E-state index contributed by atoms with van der Waals surface area (Å²) in [4.78, 5) is 12.3. The second-order valence-corrected chi connectivity index (χ2v) is 3.92. The monoisotopic (exact) mass is 242 g/mol. The van der Waals surface area contributed by atoms with E-state index in [1.54, 1.807) is 30.3 Å². The molecule has 0 saturated heterocycles. The van der Waals surface area contributed by atoms with Gasteiger partial charge in [-0.3, -0.25) is 4.79 Å². The molecule has 4 nitrogen and oxygen atoms in total. The largest absolute Gasteiger partial charge is 0.507 e. The van der Waals surface area contributed by atoms with E-state index in [0.29, 0.717) is 22.3 Å². The zero-order valence-corrected chi connectivity index (χ0v) is 9.64. The first-order valence-electron chi connectivity index (χ1n) is 5.44. The highest BCUT2D eigenvalue weighted by Crippen LogP contribution is 2.29. The number of fused-ring (bicyclic) bond motifs is 2. The smallest absolute Gasteiger partial charge is 0.204 e. The fourth-order valence-corrected chi connectivity index (χ4v) is 2.04. The van der Waals surface area contributed by atoms with Crippen molar-refractivity contribution in [2.24, 2.45) is 0 Å². The highest BCUT2D eigenvalue weighted by molar-refractivity contribution is 5.94. The van der Waals surface area contributed by atoms with Gasteiger partial charge in [0.25, 0.3) is 0 Å². The molecule has 0 fully saturated rings. The summed E-state index contributed by atoms with van der Waals surface area (Å²) in [5, 5.41) is 10.3. The number of para-hydroxylation sites is 1. The predicted octanol–water partition coefficient (Wildman–Crippen LogP) is 2.66. The molecule has 2 aromatic carbocycles. The van der Waals surface area contributed by atoms with E-state index < -0.39 is 0 Å². The Morgan fingerprint density at radius 3 is 2.72 bits per heavy atom. The van der Waals surface area contributed by atoms with Crippen LogP contribution in [0, 0.1) is 0 Å². The summed E-state index contributed by atoms with van der Waals surface area (Å²) in [5.74, 6) is 0.417. The predicted molar refractivity (Wildman–Crippen MR) is 68.2 cm³/mol. The van der Waals surface area contributed by atoms with Crippen molar-refractivity contribution < 1.29 is 14.3 Å². The van der Waals surface area contributed by atoms with Crippen LogP contribution in [0.15, 0.2) is 45.6 Å². The fraction of sp³-hybridized carbons (Fsp3) is 0.0714. The van der Waals surface area contributed by atoms with Gasteiger partial charge in [-0.25, -0.2) is 0 Å². The number of rotatable bonds is 1. The Labute approximate surface area is 102 Å². The molecule has 0 saturated carbocycles. The normalized spacial score (nSPS) is 10.9. The van der Waals surface area contributed by atoms with Crippen LogP contribution in [0.25, 0.3) is 21.9 Å². The quantitative estimate of drug-likeness (QED) is 0.666. The van der Waals surface area contributed by atoms with Crippen molar-refractivity contribution in [1.82, 2.24) is 0 Å². The standard InChI is InChI=1S/C14H10O4/c1-17-11-7-2-4-8-13(16)12-9(15)5-3-6-10(12)18-14(8)11/h2-7,15H,1H3. The molecule has 0 spiro atoms. The Morgan fingerprint density at radius 2 is 1.94 bits per heavy atom. The lowest BCUT2D eigenvalue weighted by molar-refractivity contribution is 0.411. The molecular formula is C14H10O4. The van der Waals surface area contributed by atoms with Crippen LogP contribution >= 0.6 is 0 Å². The van der Waals surface area contributed by atoms with E-state index in [0.717, 1.165) is 0 Å². The Balaban J connectivity index is 2.61. The number of phenolic OH excluding ortho intramolecular Hbond substituents is 1. The Bertz CT molecular complexity index is 802. The summed E-state index contributed by atoms with van der Waals surface area (Å²) >= 11 is 0. The fourth-order valence-electron chi connectivity index (χ4n) is 2.04. The molecule has 3 aromatic rings. The lowest BCUT2D eigenvalue weighted by atomic mass is 10.1. The molecule has 0 aliphatic carbocycles. The van der Waals surface area contributed by atoms with E-state index in [1.807, 2.05) is 0 Å². The number of hydrogen-bond acceptors (Lipinski definition) is 4. The third kappa shape index (κ3) is 1.35. The molecule has 0 radical (unpaired) electrons. The summed E-state index contributed by atoms with van der Waals surface area (Å²) in [6, 6.07) is 9.81. The van der Waals surface area contributed by atoms with Gasteiger partial charge < -0.3 is 14.3 Å². The van der Waals surface area contributed by atoms with Gasteiger partial charge in [-0.05, 0) is 24.3 Å². The van der Waals surface area contributed by atoms with Gasteiger partial charge in [-0.1, -0.05) is 12.1 Å². The highest BCUT2D eigenvalue weighted by atomic mass is 16.5. The minimum atomic E-state index is -0.261. The number of aromatic hydroxyl groups is 1. The minimum absolute atomic E-state index is 0.0778. The molecule has 0 amide bonds. The number of ether oxygens (including phenoxy) is 1. The van der Waals surface area contributed by atoms with Crippen LogP contribution in [0.5, 0.6) is 11.5 Å². The molecule has 0 bridgehead atoms. The van der Waals surface area contributed by atoms with Gasteiger partial charge in [0.2, 0.25) is 5.43 Å². The number of hydrogen-bond donors (Lipinski definition) is 1. The molecular weight excluding hydrogens is 232 g/mol. The maximum absolute atomic E-state index is 12.3. The van der Waals surface area contributed by atoms with Gasteiger partial charge >= 0.3 is 0 Å². The first-order chi connectivity index (χ1) is 8.72. The first-order valence-corrected chi connectivity index (χ1v) is 5.44. The maximum atomic E-state index is 12.3. The molecule has 4 heteroatoms. The molecule has 1 heterocycles. The van der Waals surface area contributed by atoms with Crippen molar-refractivity contribution in [3.05, 3.63) is 46.6 Å². The van der Waals surface area contributed by atoms with Crippen LogP contribution in [-0.4, -0.2) is 12.2 Å². The van der Waals surface area contributed by atoms with E-state index in [2.05, 4.69) is 0 Å². The van der Waals surface area contributed by atoms with Crippen molar-refractivity contribution in [2.75, 3.05) is 7.11 Å². The van der Waals surface area contributed by atoms with E-state index in [9.17, 15) is 9.90 Å². The van der Waals surface area contributed by atoms with Gasteiger partial charge in [0, 0.05) is 0 Å². The molecule has 90 valence electrons. The maximum Gasteiger partial charge on any atom is 0.204 e. The summed E-state index contributed by atoms with van der Waals surface area (Å²) in [6.45, 7) is 0. The van der Waals surface area contributed by atoms with Gasteiger partial charge in [-0.2, -0.15) is 0 Å². The number of phenols is 1. The third-order valence-corrected chi connectivity index (χ3v) is 2.89. The Morgan fingerprint density at radius 1 is 1.17 bits per heavy atom. The number of benzene rings is 2. The number of methoxy groups -OCH3 is 1. The molecule has 1 aromatic heterocycles. The molecule has 1 N–H and O–H groups in total. The van der Waals surface area contributed by atoms with Crippen LogP contribution in [0.2, 0.25) is 0 Å². The Hall–Kier alpha value is -2.49. The molecule has 0 aliphatic heterocycles. The van der Waals surface area contributed by atoms with Crippen molar-refractivity contribution in [1.29, 1.82) is 0 Å². The van der Waals surface area contributed by atoms with Crippen LogP contribution in [-0.2, 0) is 0 Å². The van der Waals surface area contributed by atoms with Crippen molar-refractivity contribution >= 4 is 21.9 Å². The third-order valence-electron chi connectivity index (χ3n) is 2.89. The van der Waals surface area contributed by atoms with E-state index in [4.69, 9.17) is 9.15 Å². The van der Waals surface area contributed by atoms with Gasteiger partial charge in [-0.15, -0.1) is 0 Å². The average molecular weight is 242 g/mol. The SMILES string of the molecule is COc1cccc2c(=O)c3c(O)cccc3oc12.